The smallest absolute Gasteiger partial charge is 0.267 e. The first-order valence-corrected chi connectivity index (χ1v) is 7.31. The molecule has 0 unspecified atom stereocenters. The van der Waals surface area contributed by atoms with E-state index in [1.54, 1.807) is 6.07 Å². The summed E-state index contributed by atoms with van der Waals surface area (Å²) in [4.78, 5) is 12.5. The number of hydrogen-bond acceptors (Lipinski definition) is 3. The van der Waals surface area contributed by atoms with Crippen LogP contribution in [0.4, 0.5) is 5.82 Å². The van der Waals surface area contributed by atoms with Gasteiger partial charge in [0.2, 0.25) is 0 Å². The van der Waals surface area contributed by atoms with E-state index in [9.17, 15) is 4.79 Å². The Morgan fingerprint density at radius 3 is 2.82 bits per heavy atom. The maximum Gasteiger partial charge on any atom is 0.267 e. The molecule has 0 fully saturated rings. The standard InChI is InChI=1S/C10H9Br2N3OS/c1-2-5-3-8(15-14-5)13-10(16)7-4-6(11)9(12)17-7/h3-4H,2H2,1H3,(H2,13,14,15,16). The van der Waals surface area contributed by atoms with Gasteiger partial charge in [-0.1, -0.05) is 6.92 Å². The van der Waals surface area contributed by atoms with Crippen LogP contribution < -0.4 is 5.32 Å². The molecule has 0 saturated carbocycles. The van der Waals surface area contributed by atoms with Crippen LogP contribution in [0.3, 0.4) is 0 Å². The van der Waals surface area contributed by atoms with E-state index in [1.165, 1.54) is 11.3 Å². The summed E-state index contributed by atoms with van der Waals surface area (Å²) < 4.78 is 1.78. The molecule has 0 radical (unpaired) electrons. The Labute approximate surface area is 119 Å². The lowest BCUT2D eigenvalue weighted by molar-refractivity contribution is 0.103. The quantitative estimate of drug-likeness (QED) is 0.853. The second-order valence-electron chi connectivity index (χ2n) is 3.32. The average Bonchev–Trinajstić information content (AvgIpc) is 2.87. The van der Waals surface area contributed by atoms with E-state index in [4.69, 9.17) is 0 Å². The molecule has 90 valence electrons. The maximum absolute atomic E-state index is 11.9. The van der Waals surface area contributed by atoms with Gasteiger partial charge < -0.3 is 5.32 Å². The minimum absolute atomic E-state index is 0.157. The number of aryl methyl sites for hydroxylation is 1. The monoisotopic (exact) mass is 377 g/mol. The van der Waals surface area contributed by atoms with Crippen LogP contribution >= 0.6 is 43.2 Å². The van der Waals surface area contributed by atoms with Crippen molar-refractivity contribution < 1.29 is 4.79 Å². The van der Waals surface area contributed by atoms with Gasteiger partial charge >= 0.3 is 0 Å². The highest BCUT2D eigenvalue weighted by molar-refractivity contribution is 9.13. The van der Waals surface area contributed by atoms with Crippen molar-refractivity contribution in [2.75, 3.05) is 5.32 Å². The van der Waals surface area contributed by atoms with E-state index in [0.717, 1.165) is 20.4 Å². The van der Waals surface area contributed by atoms with Crippen molar-refractivity contribution in [2.45, 2.75) is 13.3 Å². The molecule has 2 rings (SSSR count). The highest BCUT2D eigenvalue weighted by atomic mass is 79.9. The summed E-state index contributed by atoms with van der Waals surface area (Å²) in [5, 5.41) is 9.60. The molecule has 7 heteroatoms. The van der Waals surface area contributed by atoms with Gasteiger partial charge in [0.05, 0.1) is 8.66 Å². The first-order valence-electron chi connectivity index (χ1n) is 4.90. The van der Waals surface area contributed by atoms with Gasteiger partial charge in [0.25, 0.3) is 5.91 Å². The van der Waals surface area contributed by atoms with Gasteiger partial charge in [0.1, 0.15) is 0 Å². The zero-order valence-electron chi connectivity index (χ0n) is 8.88. The summed E-state index contributed by atoms with van der Waals surface area (Å²) in [6, 6.07) is 3.60. The third-order valence-corrected chi connectivity index (χ3v) is 5.38. The third-order valence-electron chi connectivity index (χ3n) is 2.12. The fraction of sp³-hybridized carbons (Fsp3) is 0.200. The van der Waals surface area contributed by atoms with Crippen LogP contribution in [0.5, 0.6) is 0 Å². The van der Waals surface area contributed by atoms with E-state index in [2.05, 4.69) is 47.4 Å². The molecule has 0 bridgehead atoms. The van der Waals surface area contributed by atoms with Crippen LogP contribution in [0.2, 0.25) is 0 Å². The Morgan fingerprint density at radius 2 is 2.29 bits per heavy atom. The highest BCUT2D eigenvalue weighted by Gasteiger charge is 2.13. The molecule has 0 aliphatic heterocycles. The third kappa shape index (κ3) is 2.97. The zero-order chi connectivity index (χ0) is 12.4. The van der Waals surface area contributed by atoms with Gasteiger partial charge in [-0.3, -0.25) is 9.89 Å². The Bertz CT molecular complexity index is 530. The van der Waals surface area contributed by atoms with Crippen molar-refractivity contribution in [3.05, 3.63) is 31.0 Å². The zero-order valence-corrected chi connectivity index (χ0v) is 12.9. The number of thiophene rings is 1. The van der Waals surface area contributed by atoms with E-state index < -0.39 is 0 Å². The molecule has 0 saturated heterocycles. The number of nitrogens with one attached hydrogen (secondary N) is 2. The van der Waals surface area contributed by atoms with Crippen LogP contribution in [0, 0.1) is 0 Å². The summed E-state index contributed by atoms with van der Waals surface area (Å²) in [6.45, 7) is 2.02. The molecule has 0 aromatic carbocycles. The normalized spacial score (nSPS) is 10.5. The molecule has 2 aromatic heterocycles. The van der Waals surface area contributed by atoms with E-state index in [-0.39, 0.29) is 5.91 Å². The van der Waals surface area contributed by atoms with Gasteiger partial charge in [0.15, 0.2) is 5.82 Å². The van der Waals surface area contributed by atoms with Crippen molar-refractivity contribution in [3.63, 3.8) is 0 Å². The summed E-state index contributed by atoms with van der Waals surface area (Å²) in [5.41, 5.74) is 0.994. The Morgan fingerprint density at radius 1 is 1.53 bits per heavy atom. The Hall–Kier alpha value is -0.660. The lowest BCUT2D eigenvalue weighted by Gasteiger charge is -1.97. The number of anilines is 1. The van der Waals surface area contributed by atoms with E-state index >= 15 is 0 Å². The van der Waals surface area contributed by atoms with Crippen LogP contribution in [-0.4, -0.2) is 16.1 Å². The number of halogens is 2. The number of aromatic amines is 1. The van der Waals surface area contributed by atoms with Crippen LogP contribution in [0.1, 0.15) is 22.3 Å². The molecule has 2 N–H and O–H groups in total. The molecule has 0 spiro atoms. The summed E-state index contributed by atoms with van der Waals surface area (Å²) in [7, 11) is 0. The summed E-state index contributed by atoms with van der Waals surface area (Å²) in [6.07, 6.45) is 0.860. The van der Waals surface area contributed by atoms with Crippen molar-refractivity contribution in [1.82, 2.24) is 10.2 Å². The Kier molecular flexibility index (Phi) is 4.01. The van der Waals surface area contributed by atoms with Crippen LogP contribution in [0.15, 0.2) is 20.4 Å². The van der Waals surface area contributed by atoms with E-state index in [0.29, 0.717) is 10.7 Å². The number of aromatic nitrogens is 2. The number of carbonyl (C=O) groups is 1. The topological polar surface area (TPSA) is 57.8 Å². The largest absolute Gasteiger partial charge is 0.304 e. The lowest BCUT2D eigenvalue weighted by atomic mass is 10.3. The minimum atomic E-state index is -0.157. The number of carbonyl (C=O) groups excluding carboxylic acids is 1. The highest BCUT2D eigenvalue weighted by Crippen LogP contribution is 2.32. The fourth-order valence-corrected chi connectivity index (χ4v) is 3.17. The molecule has 4 nitrogen and oxygen atoms in total. The number of hydrogen-bond donors (Lipinski definition) is 2. The van der Waals surface area contributed by atoms with Gasteiger partial charge in [-0.05, 0) is 44.3 Å². The van der Waals surface area contributed by atoms with Crippen molar-refractivity contribution in [2.24, 2.45) is 0 Å². The summed E-state index contributed by atoms with van der Waals surface area (Å²) >= 11 is 8.08. The number of nitrogens with zero attached hydrogens (tertiary/aromatic N) is 1. The van der Waals surface area contributed by atoms with Crippen molar-refractivity contribution in [3.8, 4) is 0 Å². The van der Waals surface area contributed by atoms with Gasteiger partial charge in [0, 0.05) is 16.2 Å². The second-order valence-corrected chi connectivity index (χ2v) is 6.54. The maximum atomic E-state index is 11.9. The molecular weight excluding hydrogens is 370 g/mol. The molecule has 1 amide bonds. The molecule has 0 aliphatic rings. The first-order chi connectivity index (χ1) is 8.10. The van der Waals surface area contributed by atoms with Crippen molar-refractivity contribution in [1.29, 1.82) is 0 Å². The number of H-pyrrole nitrogens is 1. The average molecular weight is 379 g/mol. The number of rotatable bonds is 3. The van der Waals surface area contributed by atoms with Gasteiger partial charge in [-0.25, -0.2) is 0 Å². The predicted octanol–water partition coefficient (Wildman–Crippen LogP) is 3.81. The molecular formula is C10H9Br2N3OS. The van der Waals surface area contributed by atoms with Gasteiger partial charge in [-0.2, -0.15) is 5.10 Å². The van der Waals surface area contributed by atoms with Crippen molar-refractivity contribution >= 4 is 54.9 Å². The minimum Gasteiger partial charge on any atom is -0.304 e. The SMILES string of the molecule is CCc1cc(NC(=O)c2cc(Br)c(Br)s2)n[nH]1. The van der Waals surface area contributed by atoms with Crippen LogP contribution in [-0.2, 0) is 6.42 Å². The molecule has 0 aliphatic carbocycles. The van der Waals surface area contributed by atoms with Crippen LogP contribution in [0.25, 0.3) is 0 Å². The first kappa shape index (κ1) is 12.8. The molecule has 2 heterocycles. The molecule has 2 aromatic rings. The predicted molar refractivity (Wildman–Crippen MR) is 75.6 cm³/mol. The molecule has 17 heavy (non-hydrogen) atoms. The summed E-state index contributed by atoms with van der Waals surface area (Å²) in [5.74, 6) is 0.392. The molecule has 0 atom stereocenters. The Balaban J connectivity index is 2.11. The van der Waals surface area contributed by atoms with E-state index in [1.807, 2.05) is 13.0 Å². The number of amides is 1. The fourth-order valence-electron chi connectivity index (χ4n) is 1.24. The second kappa shape index (κ2) is 5.32. The lowest BCUT2D eigenvalue weighted by Crippen LogP contribution is -2.10. The van der Waals surface area contributed by atoms with Gasteiger partial charge in [-0.15, -0.1) is 11.3 Å².